The molecule has 2 saturated heterocycles. The van der Waals surface area contributed by atoms with Crippen molar-refractivity contribution in [1.82, 2.24) is 4.90 Å². The summed E-state index contributed by atoms with van der Waals surface area (Å²) in [5.41, 5.74) is 4.09. The van der Waals surface area contributed by atoms with Gasteiger partial charge >= 0.3 is 0 Å². The molecule has 0 radical (unpaired) electrons. The molecule has 3 heteroatoms. The van der Waals surface area contributed by atoms with Gasteiger partial charge in [0.25, 0.3) is 0 Å². The van der Waals surface area contributed by atoms with Gasteiger partial charge in [0.15, 0.2) is 0 Å². The predicted molar refractivity (Wildman–Crippen MR) is 86.9 cm³/mol. The lowest BCUT2D eigenvalue weighted by Gasteiger charge is -2.45. The molecule has 2 heterocycles. The quantitative estimate of drug-likeness (QED) is 0.820. The van der Waals surface area contributed by atoms with E-state index < -0.39 is 0 Å². The number of nitrogens with zero attached hydrogens (tertiary/aromatic N) is 3. The SMILES string of the molecule is Cc1ccc(N2CCN3CCCCC3C2)cc1N(C)C. The molecule has 1 atom stereocenters. The summed E-state index contributed by atoms with van der Waals surface area (Å²) in [7, 11) is 4.26. The van der Waals surface area contributed by atoms with Crippen molar-refractivity contribution in [3.05, 3.63) is 23.8 Å². The molecule has 1 aromatic rings. The highest BCUT2D eigenvalue weighted by Gasteiger charge is 2.29. The van der Waals surface area contributed by atoms with Gasteiger partial charge in [0.05, 0.1) is 0 Å². The summed E-state index contributed by atoms with van der Waals surface area (Å²) >= 11 is 0. The summed E-state index contributed by atoms with van der Waals surface area (Å²) in [4.78, 5) is 7.50. The molecule has 0 bridgehead atoms. The molecule has 2 aliphatic rings. The maximum atomic E-state index is 2.70. The van der Waals surface area contributed by atoms with Crippen LogP contribution in [0.1, 0.15) is 24.8 Å². The minimum atomic E-state index is 0.779. The van der Waals surface area contributed by atoms with Crippen LogP contribution >= 0.6 is 0 Å². The van der Waals surface area contributed by atoms with Crippen molar-refractivity contribution in [2.45, 2.75) is 32.2 Å². The lowest BCUT2D eigenvalue weighted by atomic mass is 9.99. The van der Waals surface area contributed by atoms with Crippen LogP contribution in [0.4, 0.5) is 11.4 Å². The van der Waals surface area contributed by atoms with Crippen LogP contribution in [0.2, 0.25) is 0 Å². The second-order valence-electron chi connectivity index (χ2n) is 6.50. The largest absolute Gasteiger partial charge is 0.377 e. The molecule has 110 valence electrons. The van der Waals surface area contributed by atoms with Crippen LogP contribution < -0.4 is 9.80 Å². The highest BCUT2D eigenvalue weighted by Crippen LogP contribution is 2.29. The van der Waals surface area contributed by atoms with Crippen LogP contribution in [-0.2, 0) is 0 Å². The van der Waals surface area contributed by atoms with Gasteiger partial charge in [-0.05, 0) is 44.0 Å². The van der Waals surface area contributed by atoms with E-state index in [9.17, 15) is 0 Å². The van der Waals surface area contributed by atoms with Gasteiger partial charge in [0.1, 0.15) is 0 Å². The molecular formula is C17H27N3. The van der Waals surface area contributed by atoms with Gasteiger partial charge in [-0.3, -0.25) is 4.90 Å². The lowest BCUT2D eigenvalue weighted by Crippen LogP contribution is -2.54. The molecular weight excluding hydrogens is 246 g/mol. The second-order valence-corrected chi connectivity index (χ2v) is 6.50. The zero-order chi connectivity index (χ0) is 14.1. The molecule has 0 aromatic heterocycles. The monoisotopic (exact) mass is 273 g/mol. The molecule has 1 aromatic carbocycles. The van der Waals surface area contributed by atoms with E-state index in [0.29, 0.717) is 0 Å². The Morgan fingerprint density at radius 1 is 1.10 bits per heavy atom. The van der Waals surface area contributed by atoms with Crippen molar-refractivity contribution in [1.29, 1.82) is 0 Å². The van der Waals surface area contributed by atoms with E-state index in [4.69, 9.17) is 0 Å². The number of fused-ring (bicyclic) bond motifs is 1. The first-order valence-corrected chi connectivity index (χ1v) is 7.92. The number of anilines is 2. The maximum absolute atomic E-state index is 2.70. The Bertz CT molecular complexity index is 469. The average molecular weight is 273 g/mol. The standard InChI is InChI=1S/C17H27N3/c1-14-7-8-15(12-17(14)18(2)3)20-11-10-19-9-5-4-6-16(19)13-20/h7-8,12,16H,4-6,9-11,13H2,1-3H3. The molecule has 0 spiro atoms. The highest BCUT2D eigenvalue weighted by molar-refractivity contribution is 5.63. The fraction of sp³-hybridized carbons (Fsp3) is 0.647. The Morgan fingerprint density at radius 2 is 1.95 bits per heavy atom. The van der Waals surface area contributed by atoms with E-state index in [2.05, 4.69) is 53.9 Å². The van der Waals surface area contributed by atoms with Crippen LogP contribution in [0.5, 0.6) is 0 Å². The van der Waals surface area contributed by atoms with Gasteiger partial charge in [-0.25, -0.2) is 0 Å². The van der Waals surface area contributed by atoms with Gasteiger partial charge < -0.3 is 9.80 Å². The first-order valence-electron chi connectivity index (χ1n) is 7.92. The Kier molecular flexibility index (Phi) is 3.88. The zero-order valence-electron chi connectivity index (χ0n) is 13.1. The third kappa shape index (κ3) is 2.64. The van der Waals surface area contributed by atoms with Gasteiger partial charge in [0, 0.05) is 51.1 Å². The van der Waals surface area contributed by atoms with Crippen molar-refractivity contribution in [3.63, 3.8) is 0 Å². The summed E-state index contributed by atoms with van der Waals surface area (Å²) in [6.45, 7) is 7.12. The van der Waals surface area contributed by atoms with Crippen LogP contribution in [-0.4, -0.2) is 51.2 Å². The van der Waals surface area contributed by atoms with Gasteiger partial charge in [-0.1, -0.05) is 12.5 Å². The lowest BCUT2D eigenvalue weighted by molar-refractivity contribution is 0.133. The van der Waals surface area contributed by atoms with Crippen LogP contribution in [0.15, 0.2) is 18.2 Å². The molecule has 3 rings (SSSR count). The number of piperazine rings is 1. The topological polar surface area (TPSA) is 9.72 Å². The van der Waals surface area contributed by atoms with E-state index in [1.165, 1.54) is 62.4 Å². The summed E-state index contributed by atoms with van der Waals surface area (Å²) in [5.74, 6) is 0. The first-order chi connectivity index (χ1) is 9.65. The molecule has 0 aliphatic carbocycles. The fourth-order valence-corrected chi connectivity index (χ4v) is 3.67. The molecule has 20 heavy (non-hydrogen) atoms. The van der Waals surface area contributed by atoms with E-state index in [-0.39, 0.29) is 0 Å². The normalized spacial score (nSPS) is 23.6. The Labute approximate surface area is 123 Å². The van der Waals surface area contributed by atoms with Crippen LogP contribution in [0.3, 0.4) is 0 Å². The number of aryl methyl sites for hydroxylation is 1. The Balaban J connectivity index is 1.77. The van der Waals surface area contributed by atoms with E-state index in [1.54, 1.807) is 0 Å². The third-order valence-electron chi connectivity index (χ3n) is 4.88. The van der Waals surface area contributed by atoms with E-state index in [1.807, 2.05) is 0 Å². The minimum Gasteiger partial charge on any atom is -0.377 e. The molecule has 0 N–H and O–H groups in total. The highest BCUT2D eigenvalue weighted by atomic mass is 15.3. The van der Waals surface area contributed by atoms with Crippen molar-refractivity contribution in [3.8, 4) is 0 Å². The Morgan fingerprint density at radius 3 is 2.75 bits per heavy atom. The Hall–Kier alpha value is -1.22. The van der Waals surface area contributed by atoms with Gasteiger partial charge in [-0.2, -0.15) is 0 Å². The number of benzene rings is 1. The summed E-state index contributed by atoms with van der Waals surface area (Å²) in [6.07, 6.45) is 4.18. The van der Waals surface area contributed by atoms with Gasteiger partial charge in [-0.15, -0.1) is 0 Å². The molecule has 0 saturated carbocycles. The second kappa shape index (κ2) is 5.65. The summed E-state index contributed by atoms with van der Waals surface area (Å²) in [5, 5.41) is 0. The number of hydrogen-bond donors (Lipinski definition) is 0. The molecule has 0 amide bonds. The number of hydrogen-bond acceptors (Lipinski definition) is 3. The molecule has 2 fully saturated rings. The predicted octanol–water partition coefficient (Wildman–Crippen LogP) is 2.74. The van der Waals surface area contributed by atoms with Crippen molar-refractivity contribution < 1.29 is 0 Å². The van der Waals surface area contributed by atoms with Crippen LogP contribution in [0, 0.1) is 6.92 Å². The summed E-state index contributed by atoms with van der Waals surface area (Å²) < 4.78 is 0. The van der Waals surface area contributed by atoms with Crippen molar-refractivity contribution in [2.75, 3.05) is 50.1 Å². The van der Waals surface area contributed by atoms with Crippen LogP contribution in [0.25, 0.3) is 0 Å². The minimum absolute atomic E-state index is 0.779. The van der Waals surface area contributed by atoms with Crippen molar-refractivity contribution >= 4 is 11.4 Å². The summed E-state index contributed by atoms with van der Waals surface area (Å²) in [6, 6.07) is 7.69. The first kappa shape index (κ1) is 13.7. The maximum Gasteiger partial charge on any atom is 0.0411 e. The number of rotatable bonds is 2. The van der Waals surface area contributed by atoms with E-state index >= 15 is 0 Å². The smallest absolute Gasteiger partial charge is 0.0411 e. The zero-order valence-corrected chi connectivity index (χ0v) is 13.1. The third-order valence-corrected chi connectivity index (χ3v) is 4.88. The molecule has 1 unspecified atom stereocenters. The van der Waals surface area contributed by atoms with E-state index in [0.717, 1.165) is 6.04 Å². The average Bonchev–Trinajstić information content (AvgIpc) is 2.47. The number of piperidine rings is 1. The molecule has 3 nitrogen and oxygen atoms in total. The molecule has 2 aliphatic heterocycles. The van der Waals surface area contributed by atoms with Crippen molar-refractivity contribution in [2.24, 2.45) is 0 Å². The van der Waals surface area contributed by atoms with Gasteiger partial charge in [0.2, 0.25) is 0 Å². The fourth-order valence-electron chi connectivity index (χ4n) is 3.67.